The molecule has 4 rings (SSSR count). The first-order chi connectivity index (χ1) is 14.0. The van der Waals surface area contributed by atoms with Crippen LogP contribution in [0.15, 0.2) is 47.0 Å². The molecule has 0 atom stereocenters. The molecule has 1 amide bonds. The fourth-order valence-electron chi connectivity index (χ4n) is 3.05. The van der Waals surface area contributed by atoms with Gasteiger partial charge in [0.2, 0.25) is 12.3 Å². The lowest BCUT2D eigenvalue weighted by Gasteiger charge is -2.19. The summed E-state index contributed by atoms with van der Waals surface area (Å²) in [5.74, 6) is -1.68. The van der Waals surface area contributed by atoms with Crippen molar-refractivity contribution in [2.24, 2.45) is 7.05 Å². The van der Waals surface area contributed by atoms with Crippen LogP contribution in [-0.4, -0.2) is 26.4 Å². The maximum Gasteiger partial charge on any atom is 0.314 e. The Morgan fingerprint density at radius 3 is 2.76 bits per heavy atom. The van der Waals surface area contributed by atoms with E-state index in [1.165, 1.54) is 17.0 Å². The summed E-state index contributed by atoms with van der Waals surface area (Å²) in [5, 5.41) is 11.8. The molecular weight excluding hydrogens is 387 g/mol. The monoisotopic (exact) mass is 401 g/mol. The maximum absolute atomic E-state index is 14.6. The summed E-state index contributed by atoms with van der Waals surface area (Å²) in [6, 6.07) is 9.40. The van der Waals surface area contributed by atoms with Gasteiger partial charge in [-0.25, -0.2) is 4.39 Å². The number of amides is 1. The van der Waals surface area contributed by atoms with Crippen LogP contribution in [0.1, 0.15) is 17.9 Å². The van der Waals surface area contributed by atoms with E-state index in [1.54, 1.807) is 30.1 Å². The van der Waals surface area contributed by atoms with Crippen LogP contribution in [-0.2, 0) is 18.4 Å². The van der Waals surface area contributed by atoms with Gasteiger partial charge in [-0.05, 0) is 18.2 Å². The zero-order valence-electron chi connectivity index (χ0n) is 15.1. The number of aromatic nitrogens is 4. The summed E-state index contributed by atoms with van der Waals surface area (Å²) in [6.45, 7) is -0.0357. The third-order valence-electron chi connectivity index (χ3n) is 4.44. The number of nitrogens with zero attached hydrogens (tertiary/aromatic N) is 5. The van der Waals surface area contributed by atoms with Gasteiger partial charge in [0, 0.05) is 23.6 Å². The molecule has 2 aromatic carbocycles. The predicted octanol–water partition coefficient (Wildman–Crippen LogP) is 3.86. The van der Waals surface area contributed by atoms with E-state index in [9.17, 15) is 18.0 Å². The maximum atomic E-state index is 14.6. The van der Waals surface area contributed by atoms with E-state index in [0.717, 1.165) is 17.0 Å². The summed E-state index contributed by atoms with van der Waals surface area (Å²) in [7, 11) is 1.75. The van der Waals surface area contributed by atoms with E-state index < -0.39 is 18.1 Å². The topological polar surface area (TPSA) is 77.1 Å². The number of hydrogen-bond donors (Lipinski definition) is 0. The van der Waals surface area contributed by atoms with Gasteiger partial charge in [0.05, 0.1) is 23.9 Å². The third kappa shape index (κ3) is 3.44. The lowest BCUT2D eigenvalue weighted by Crippen LogP contribution is -2.21. The number of halogens is 3. The SMILES string of the molecule is Cn1ncc2cccc(N(C=O)Cc3ccc(-c4nnc(C(F)F)o4)cc3F)c21. The van der Waals surface area contributed by atoms with Crippen LogP contribution >= 0.6 is 0 Å². The minimum absolute atomic E-state index is 0.0357. The molecule has 0 aliphatic carbocycles. The average molecular weight is 401 g/mol. The van der Waals surface area contributed by atoms with Crippen molar-refractivity contribution in [3.63, 3.8) is 0 Å². The largest absolute Gasteiger partial charge is 0.415 e. The zero-order valence-corrected chi connectivity index (χ0v) is 15.1. The van der Waals surface area contributed by atoms with Gasteiger partial charge in [0.1, 0.15) is 5.82 Å². The Labute approximate surface area is 162 Å². The van der Waals surface area contributed by atoms with Gasteiger partial charge in [-0.15, -0.1) is 10.2 Å². The van der Waals surface area contributed by atoms with E-state index >= 15 is 0 Å². The number of alkyl halides is 2. The molecule has 29 heavy (non-hydrogen) atoms. The molecule has 2 aromatic heterocycles. The fourth-order valence-corrected chi connectivity index (χ4v) is 3.05. The normalized spacial score (nSPS) is 11.3. The minimum atomic E-state index is -2.91. The van der Waals surface area contributed by atoms with Gasteiger partial charge in [-0.1, -0.05) is 18.2 Å². The highest BCUT2D eigenvalue weighted by Gasteiger charge is 2.19. The molecule has 0 unspecified atom stereocenters. The number of para-hydroxylation sites is 1. The number of hydrogen-bond acceptors (Lipinski definition) is 5. The van der Waals surface area contributed by atoms with E-state index in [4.69, 9.17) is 4.42 Å². The predicted molar refractivity (Wildman–Crippen MR) is 97.6 cm³/mol. The second-order valence-electron chi connectivity index (χ2n) is 6.27. The Hall–Kier alpha value is -3.69. The molecule has 0 fully saturated rings. The summed E-state index contributed by atoms with van der Waals surface area (Å²) >= 11 is 0. The van der Waals surface area contributed by atoms with Crippen molar-refractivity contribution in [1.29, 1.82) is 0 Å². The minimum Gasteiger partial charge on any atom is -0.415 e. The van der Waals surface area contributed by atoms with Crippen molar-refractivity contribution < 1.29 is 22.4 Å². The second kappa shape index (κ2) is 7.38. The molecule has 0 N–H and O–H groups in total. The number of carbonyl (C=O) groups is 1. The van der Waals surface area contributed by atoms with Gasteiger partial charge in [0.25, 0.3) is 5.89 Å². The van der Waals surface area contributed by atoms with Crippen molar-refractivity contribution in [2.45, 2.75) is 13.0 Å². The Kier molecular flexibility index (Phi) is 4.75. The van der Waals surface area contributed by atoms with Crippen LogP contribution in [0.3, 0.4) is 0 Å². The third-order valence-corrected chi connectivity index (χ3v) is 4.44. The molecule has 0 saturated carbocycles. The molecule has 4 aromatic rings. The fraction of sp³-hybridized carbons (Fsp3) is 0.158. The number of rotatable bonds is 6. The Bertz CT molecular complexity index is 1190. The number of aryl methyl sites for hydroxylation is 1. The highest BCUT2D eigenvalue weighted by atomic mass is 19.3. The number of carbonyl (C=O) groups excluding carboxylic acids is 1. The molecule has 10 heteroatoms. The highest BCUT2D eigenvalue weighted by molar-refractivity contribution is 5.95. The molecule has 0 radical (unpaired) electrons. The highest BCUT2D eigenvalue weighted by Crippen LogP contribution is 2.29. The van der Waals surface area contributed by atoms with Crippen molar-refractivity contribution >= 4 is 23.0 Å². The van der Waals surface area contributed by atoms with E-state index in [1.807, 2.05) is 6.07 Å². The van der Waals surface area contributed by atoms with Crippen LogP contribution in [0.5, 0.6) is 0 Å². The molecule has 0 bridgehead atoms. The Morgan fingerprint density at radius 2 is 2.07 bits per heavy atom. The summed E-state index contributed by atoms with van der Waals surface area (Å²) < 4.78 is 46.3. The molecule has 0 saturated heterocycles. The van der Waals surface area contributed by atoms with Crippen LogP contribution in [0.4, 0.5) is 18.9 Å². The first-order valence-electron chi connectivity index (χ1n) is 8.51. The van der Waals surface area contributed by atoms with Crippen LogP contribution in [0.2, 0.25) is 0 Å². The van der Waals surface area contributed by atoms with Crippen molar-refractivity contribution in [3.05, 3.63) is 59.9 Å². The molecular formula is C19H14F3N5O2. The van der Waals surface area contributed by atoms with Gasteiger partial charge in [-0.2, -0.15) is 13.9 Å². The first-order valence-corrected chi connectivity index (χ1v) is 8.51. The number of benzene rings is 2. The standard InChI is InChI=1S/C19H14F3N5O2/c1-26-16-12(8-23-26)3-2-4-15(16)27(10-28)9-13-6-5-11(7-14(13)20)18-24-25-19(29-18)17(21)22/h2-8,10,17H,9H2,1H3. The molecule has 0 spiro atoms. The Balaban J connectivity index is 1.64. The lowest BCUT2D eigenvalue weighted by molar-refractivity contribution is -0.107. The first kappa shape index (κ1) is 18.7. The van der Waals surface area contributed by atoms with Crippen LogP contribution < -0.4 is 4.90 Å². The van der Waals surface area contributed by atoms with E-state index in [0.29, 0.717) is 12.1 Å². The van der Waals surface area contributed by atoms with E-state index in [-0.39, 0.29) is 23.6 Å². The molecule has 148 valence electrons. The van der Waals surface area contributed by atoms with Crippen molar-refractivity contribution in [2.75, 3.05) is 4.90 Å². The number of fused-ring (bicyclic) bond motifs is 1. The van der Waals surface area contributed by atoms with Crippen LogP contribution in [0, 0.1) is 5.82 Å². The summed E-state index contributed by atoms with van der Waals surface area (Å²) in [5.41, 5.74) is 1.71. The smallest absolute Gasteiger partial charge is 0.314 e. The molecule has 0 aliphatic heterocycles. The van der Waals surface area contributed by atoms with E-state index in [2.05, 4.69) is 15.3 Å². The summed E-state index contributed by atoms with van der Waals surface area (Å²) in [6.07, 6.45) is -0.617. The second-order valence-corrected chi connectivity index (χ2v) is 6.27. The lowest BCUT2D eigenvalue weighted by atomic mass is 10.1. The molecule has 0 aliphatic rings. The Morgan fingerprint density at radius 1 is 1.24 bits per heavy atom. The van der Waals surface area contributed by atoms with Gasteiger partial charge < -0.3 is 9.32 Å². The molecule has 7 nitrogen and oxygen atoms in total. The number of anilines is 1. The van der Waals surface area contributed by atoms with Gasteiger partial charge in [0.15, 0.2) is 0 Å². The van der Waals surface area contributed by atoms with Crippen LogP contribution in [0.25, 0.3) is 22.4 Å². The summed E-state index contributed by atoms with van der Waals surface area (Å²) in [4.78, 5) is 13.1. The van der Waals surface area contributed by atoms with Crippen molar-refractivity contribution in [1.82, 2.24) is 20.0 Å². The van der Waals surface area contributed by atoms with Crippen molar-refractivity contribution in [3.8, 4) is 11.5 Å². The average Bonchev–Trinajstić information content (AvgIpc) is 3.35. The molecule has 2 heterocycles. The quantitative estimate of drug-likeness (QED) is 0.459. The van der Waals surface area contributed by atoms with Gasteiger partial charge >= 0.3 is 6.43 Å². The zero-order chi connectivity index (χ0) is 20.5. The van der Waals surface area contributed by atoms with Gasteiger partial charge in [-0.3, -0.25) is 9.48 Å².